The lowest BCUT2D eigenvalue weighted by molar-refractivity contribution is 0.102. The van der Waals surface area contributed by atoms with Crippen LogP contribution in [0.2, 0.25) is 0 Å². The van der Waals surface area contributed by atoms with E-state index in [0.717, 1.165) is 5.56 Å². The molecule has 1 aromatic heterocycles. The Labute approximate surface area is 111 Å². The first kappa shape index (κ1) is 13.1. The molecule has 0 atom stereocenters. The van der Waals surface area contributed by atoms with Crippen molar-refractivity contribution in [3.63, 3.8) is 0 Å². The summed E-state index contributed by atoms with van der Waals surface area (Å²) in [6.45, 7) is 4.40. The van der Waals surface area contributed by atoms with Crippen LogP contribution in [0.1, 0.15) is 22.8 Å². The van der Waals surface area contributed by atoms with Gasteiger partial charge in [0.25, 0.3) is 11.5 Å². The van der Waals surface area contributed by atoms with Crippen LogP contribution in [0.5, 0.6) is 0 Å². The van der Waals surface area contributed by atoms with Crippen molar-refractivity contribution in [3.05, 3.63) is 64.1 Å². The summed E-state index contributed by atoms with van der Waals surface area (Å²) in [5, 5.41) is 2.79. The zero-order valence-electron chi connectivity index (χ0n) is 11.0. The first-order chi connectivity index (χ1) is 9.10. The van der Waals surface area contributed by atoms with Crippen LogP contribution in [0.15, 0.2) is 47.4 Å². The average Bonchev–Trinajstić information content (AvgIpc) is 2.41. The van der Waals surface area contributed by atoms with Gasteiger partial charge in [-0.3, -0.25) is 9.59 Å². The molecular formula is C15H16N2O2. The van der Waals surface area contributed by atoms with Gasteiger partial charge in [0.15, 0.2) is 0 Å². The number of nitrogens with zero attached hydrogens (tertiary/aromatic N) is 1. The van der Waals surface area contributed by atoms with Crippen molar-refractivity contribution >= 4 is 11.6 Å². The summed E-state index contributed by atoms with van der Waals surface area (Å²) in [5.74, 6) is -0.176. The highest BCUT2D eigenvalue weighted by atomic mass is 16.1. The maximum absolute atomic E-state index is 12.1. The third kappa shape index (κ3) is 3.10. The van der Waals surface area contributed by atoms with Crippen LogP contribution in [-0.4, -0.2) is 10.5 Å². The fraction of sp³-hybridized carbons (Fsp3) is 0.200. The molecule has 1 amide bonds. The number of carbonyl (C=O) groups is 1. The van der Waals surface area contributed by atoms with Crippen LogP contribution in [0.3, 0.4) is 0 Å². The molecule has 0 unspecified atom stereocenters. The summed E-state index contributed by atoms with van der Waals surface area (Å²) < 4.78 is 1.55. The summed E-state index contributed by atoms with van der Waals surface area (Å²) in [6, 6.07) is 10.4. The lowest BCUT2D eigenvalue weighted by Crippen LogP contribution is -2.19. The van der Waals surface area contributed by atoms with E-state index < -0.39 is 0 Å². The maximum Gasteiger partial charge on any atom is 0.255 e. The quantitative estimate of drug-likeness (QED) is 0.917. The molecule has 0 fully saturated rings. The van der Waals surface area contributed by atoms with Gasteiger partial charge in [0.2, 0.25) is 0 Å². The maximum atomic E-state index is 12.1. The number of nitrogens with one attached hydrogen (secondary N) is 1. The van der Waals surface area contributed by atoms with E-state index in [4.69, 9.17) is 0 Å². The Hall–Kier alpha value is -2.36. The van der Waals surface area contributed by atoms with Crippen molar-refractivity contribution in [1.82, 2.24) is 4.57 Å². The summed E-state index contributed by atoms with van der Waals surface area (Å²) >= 11 is 0. The summed E-state index contributed by atoms with van der Waals surface area (Å²) in [7, 11) is 0. The molecule has 0 saturated heterocycles. The number of carbonyl (C=O) groups excluding carboxylic acids is 1. The van der Waals surface area contributed by atoms with Crippen LogP contribution >= 0.6 is 0 Å². The Balaban J connectivity index is 2.22. The van der Waals surface area contributed by atoms with Gasteiger partial charge in [-0.2, -0.15) is 0 Å². The fourth-order valence-corrected chi connectivity index (χ4v) is 1.84. The smallest absolute Gasteiger partial charge is 0.255 e. The number of benzene rings is 1. The van der Waals surface area contributed by atoms with Gasteiger partial charge in [-0.15, -0.1) is 0 Å². The zero-order valence-corrected chi connectivity index (χ0v) is 11.0. The molecule has 2 rings (SSSR count). The van der Waals surface area contributed by atoms with E-state index >= 15 is 0 Å². The van der Waals surface area contributed by atoms with Crippen molar-refractivity contribution in [1.29, 1.82) is 0 Å². The highest BCUT2D eigenvalue weighted by Gasteiger charge is 2.06. The number of aromatic nitrogens is 1. The molecule has 0 bridgehead atoms. The Morgan fingerprint density at radius 2 is 2.05 bits per heavy atom. The minimum Gasteiger partial charge on any atom is -0.321 e. The number of hydrogen-bond acceptors (Lipinski definition) is 2. The van der Waals surface area contributed by atoms with Gasteiger partial charge in [-0.25, -0.2) is 0 Å². The molecule has 1 N–H and O–H groups in total. The van der Waals surface area contributed by atoms with Crippen LogP contribution < -0.4 is 10.9 Å². The largest absolute Gasteiger partial charge is 0.321 e. The van der Waals surface area contributed by atoms with E-state index in [1.807, 2.05) is 32.0 Å². The molecular weight excluding hydrogens is 240 g/mol. The fourth-order valence-electron chi connectivity index (χ4n) is 1.84. The Kier molecular flexibility index (Phi) is 3.80. The van der Waals surface area contributed by atoms with Gasteiger partial charge in [-0.1, -0.05) is 17.7 Å². The lowest BCUT2D eigenvalue weighted by Gasteiger charge is -2.08. The first-order valence-electron chi connectivity index (χ1n) is 6.18. The Morgan fingerprint density at radius 1 is 1.26 bits per heavy atom. The van der Waals surface area contributed by atoms with Crippen molar-refractivity contribution in [3.8, 4) is 0 Å². The second-order valence-electron chi connectivity index (χ2n) is 4.37. The molecule has 4 heteroatoms. The van der Waals surface area contributed by atoms with E-state index in [0.29, 0.717) is 17.8 Å². The number of pyridine rings is 1. The molecule has 0 aliphatic heterocycles. The molecule has 0 radical (unpaired) electrons. The standard InChI is InChI=1S/C15H16N2O2/c1-3-17-10-13(7-8-14(17)18)16-15(19)12-6-4-5-11(2)9-12/h4-10H,3H2,1-2H3,(H,16,19). The number of rotatable bonds is 3. The minimum atomic E-state index is -0.176. The second kappa shape index (κ2) is 5.52. The van der Waals surface area contributed by atoms with Gasteiger partial charge in [0, 0.05) is 24.4 Å². The predicted octanol–water partition coefficient (Wildman–Crippen LogP) is 2.43. The molecule has 1 heterocycles. The van der Waals surface area contributed by atoms with Crippen LogP contribution in [0, 0.1) is 6.92 Å². The monoisotopic (exact) mass is 256 g/mol. The van der Waals surface area contributed by atoms with Gasteiger partial charge in [0.1, 0.15) is 0 Å². The van der Waals surface area contributed by atoms with E-state index in [-0.39, 0.29) is 11.5 Å². The van der Waals surface area contributed by atoms with E-state index in [9.17, 15) is 9.59 Å². The van der Waals surface area contributed by atoms with Crippen molar-refractivity contribution < 1.29 is 4.79 Å². The molecule has 19 heavy (non-hydrogen) atoms. The van der Waals surface area contributed by atoms with E-state index in [2.05, 4.69) is 5.32 Å². The number of aryl methyl sites for hydroxylation is 2. The van der Waals surface area contributed by atoms with Gasteiger partial charge < -0.3 is 9.88 Å². The van der Waals surface area contributed by atoms with Crippen LogP contribution in [-0.2, 0) is 6.54 Å². The van der Waals surface area contributed by atoms with Gasteiger partial charge in [0.05, 0.1) is 5.69 Å². The molecule has 4 nitrogen and oxygen atoms in total. The van der Waals surface area contributed by atoms with Crippen LogP contribution in [0.4, 0.5) is 5.69 Å². The highest BCUT2D eigenvalue weighted by Crippen LogP contribution is 2.09. The normalized spacial score (nSPS) is 10.2. The van der Waals surface area contributed by atoms with E-state index in [1.165, 1.54) is 6.07 Å². The number of hydrogen-bond donors (Lipinski definition) is 1. The van der Waals surface area contributed by atoms with Gasteiger partial charge >= 0.3 is 0 Å². The van der Waals surface area contributed by atoms with Crippen molar-refractivity contribution in [2.75, 3.05) is 5.32 Å². The molecule has 98 valence electrons. The Morgan fingerprint density at radius 3 is 2.74 bits per heavy atom. The third-order valence-corrected chi connectivity index (χ3v) is 2.86. The minimum absolute atomic E-state index is 0.0731. The highest BCUT2D eigenvalue weighted by molar-refractivity contribution is 6.04. The summed E-state index contributed by atoms with van der Waals surface area (Å²) in [6.07, 6.45) is 1.65. The Bertz CT molecular complexity index is 659. The summed E-state index contributed by atoms with van der Waals surface area (Å²) in [5.41, 5.74) is 2.18. The molecule has 1 aromatic carbocycles. The number of amides is 1. The summed E-state index contributed by atoms with van der Waals surface area (Å²) in [4.78, 5) is 23.5. The molecule has 0 saturated carbocycles. The average molecular weight is 256 g/mol. The van der Waals surface area contributed by atoms with E-state index in [1.54, 1.807) is 22.9 Å². The topological polar surface area (TPSA) is 51.1 Å². The SMILES string of the molecule is CCn1cc(NC(=O)c2cccc(C)c2)ccc1=O. The van der Waals surface area contributed by atoms with Crippen LogP contribution in [0.25, 0.3) is 0 Å². The van der Waals surface area contributed by atoms with Crippen molar-refractivity contribution in [2.24, 2.45) is 0 Å². The zero-order chi connectivity index (χ0) is 13.8. The van der Waals surface area contributed by atoms with Gasteiger partial charge in [-0.05, 0) is 32.0 Å². The number of anilines is 1. The van der Waals surface area contributed by atoms with Crippen molar-refractivity contribution in [2.45, 2.75) is 20.4 Å². The third-order valence-electron chi connectivity index (χ3n) is 2.86. The molecule has 0 aliphatic rings. The molecule has 0 aliphatic carbocycles. The predicted molar refractivity (Wildman–Crippen MR) is 75.5 cm³/mol. The molecule has 0 spiro atoms. The molecule has 2 aromatic rings. The second-order valence-corrected chi connectivity index (χ2v) is 4.37. The lowest BCUT2D eigenvalue weighted by atomic mass is 10.1. The first-order valence-corrected chi connectivity index (χ1v) is 6.18.